The molecule has 0 saturated carbocycles. The second kappa shape index (κ2) is 3.19. The maximum absolute atomic E-state index is 3.19. The molecule has 0 rings (SSSR count). The van der Waals surface area contributed by atoms with Crippen molar-refractivity contribution in [3.8, 4) is 0 Å². The Morgan fingerprint density at radius 3 is 1.62 bits per heavy atom. The van der Waals surface area contributed by atoms with E-state index in [2.05, 4.69) is 22.5 Å². The van der Waals surface area contributed by atoms with Gasteiger partial charge in [0.15, 0.2) is 0 Å². The molecular weight excluding hydrogens is 118 g/mol. The van der Waals surface area contributed by atoms with Crippen LogP contribution < -0.4 is 15.6 Å². The van der Waals surface area contributed by atoms with Crippen molar-refractivity contribution in [3.05, 3.63) is 0 Å². The summed E-state index contributed by atoms with van der Waals surface area (Å²) in [7, 11) is 4.83. The van der Waals surface area contributed by atoms with Crippen LogP contribution in [0.1, 0.15) is 6.92 Å². The maximum Gasteiger partial charge on any atom is 0.113 e. The Labute approximate surface area is 53.7 Å². The lowest BCUT2D eigenvalue weighted by Crippen LogP contribution is -2.61. The van der Waals surface area contributed by atoms with Crippen LogP contribution in [-0.2, 0) is 0 Å². The third kappa shape index (κ3) is 1.91. The molecule has 8 heavy (non-hydrogen) atoms. The van der Waals surface area contributed by atoms with Gasteiger partial charge >= 0.3 is 0 Å². The zero-order chi connectivity index (χ0) is 6.62. The van der Waals surface area contributed by atoms with E-state index in [4.69, 9.17) is 0 Å². The van der Waals surface area contributed by atoms with Crippen molar-refractivity contribution in [1.29, 1.82) is 0 Å². The van der Waals surface area contributed by atoms with E-state index >= 15 is 0 Å². The van der Waals surface area contributed by atoms with Crippen LogP contribution in [0.3, 0.4) is 0 Å². The van der Waals surface area contributed by atoms with Gasteiger partial charge in [0.1, 0.15) is 5.79 Å². The summed E-state index contributed by atoms with van der Waals surface area (Å²) in [6.07, 6.45) is 0. The summed E-state index contributed by atoms with van der Waals surface area (Å²) in [6, 6.07) is 0. The minimum absolute atomic E-state index is 0.0633. The molecular formula is C4H15N3Si. The first-order valence-corrected chi connectivity index (χ1v) is 3.75. The standard InChI is InChI=1S/C4H15N3Si/c1-4(5-2,6-3)7-8/h5-7H,1-3,8H3. The summed E-state index contributed by atoms with van der Waals surface area (Å²) in [5.41, 5.74) is 0. The van der Waals surface area contributed by atoms with E-state index in [1.165, 1.54) is 0 Å². The molecule has 0 amide bonds. The lowest BCUT2D eigenvalue weighted by Gasteiger charge is -2.28. The van der Waals surface area contributed by atoms with Gasteiger partial charge in [0, 0.05) is 0 Å². The van der Waals surface area contributed by atoms with Crippen molar-refractivity contribution in [2.45, 2.75) is 12.7 Å². The average Bonchev–Trinajstić information content (AvgIpc) is 1.87. The fourth-order valence-corrected chi connectivity index (χ4v) is 0.875. The third-order valence-corrected chi connectivity index (χ3v) is 2.50. The highest BCUT2D eigenvalue weighted by Gasteiger charge is 2.12. The predicted octanol–water partition coefficient (Wildman–Crippen LogP) is -2.03. The molecule has 50 valence electrons. The van der Waals surface area contributed by atoms with Crippen LogP contribution in [0.2, 0.25) is 0 Å². The Hall–Kier alpha value is 0.0969. The molecule has 0 aromatic rings. The van der Waals surface area contributed by atoms with Gasteiger partial charge in [-0.2, -0.15) is 0 Å². The van der Waals surface area contributed by atoms with E-state index in [0.717, 1.165) is 10.4 Å². The second-order valence-corrected chi connectivity index (χ2v) is 2.38. The van der Waals surface area contributed by atoms with Crippen molar-refractivity contribution in [1.82, 2.24) is 15.6 Å². The van der Waals surface area contributed by atoms with E-state index in [0.29, 0.717) is 0 Å². The van der Waals surface area contributed by atoms with Crippen LogP contribution >= 0.6 is 0 Å². The molecule has 4 heteroatoms. The molecule has 0 aromatic heterocycles. The average molecular weight is 133 g/mol. The minimum Gasteiger partial charge on any atom is -0.317 e. The van der Waals surface area contributed by atoms with Crippen LogP contribution in [0.15, 0.2) is 0 Å². The summed E-state index contributed by atoms with van der Waals surface area (Å²) in [4.78, 5) is 3.19. The summed E-state index contributed by atoms with van der Waals surface area (Å²) in [5.74, 6) is -0.0633. The molecule has 0 unspecified atom stereocenters. The molecule has 0 aromatic carbocycles. The number of hydrogen-bond acceptors (Lipinski definition) is 3. The van der Waals surface area contributed by atoms with Crippen LogP contribution in [0.5, 0.6) is 0 Å². The van der Waals surface area contributed by atoms with Crippen LogP contribution in [0, 0.1) is 0 Å². The topological polar surface area (TPSA) is 36.1 Å². The Morgan fingerprint density at radius 2 is 1.62 bits per heavy atom. The number of rotatable bonds is 3. The zero-order valence-electron chi connectivity index (χ0n) is 6.00. The largest absolute Gasteiger partial charge is 0.317 e. The molecule has 0 bridgehead atoms. The summed E-state index contributed by atoms with van der Waals surface area (Å²) in [5, 5.41) is 6.18. The fraction of sp³-hybridized carbons (Fsp3) is 1.00. The highest BCUT2D eigenvalue weighted by Crippen LogP contribution is 1.84. The van der Waals surface area contributed by atoms with Crippen molar-refractivity contribution in [2.24, 2.45) is 0 Å². The van der Waals surface area contributed by atoms with E-state index in [9.17, 15) is 0 Å². The van der Waals surface area contributed by atoms with Crippen LogP contribution in [0.4, 0.5) is 0 Å². The van der Waals surface area contributed by atoms with Gasteiger partial charge in [-0.25, -0.2) is 0 Å². The van der Waals surface area contributed by atoms with Gasteiger partial charge in [-0.05, 0) is 21.0 Å². The highest BCUT2D eigenvalue weighted by atomic mass is 28.2. The first-order chi connectivity index (χ1) is 3.68. The van der Waals surface area contributed by atoms with E-state index in [-0.39, 0.29) is 5.79 Å². The molecule has 3 nitrogen and oxygen atoms in total. The molecule has 0 atom stereocenters. The van der Waals surface area contributed by atoms with E-state index < -0.39 is 0 Å². The first kappa shape index (κ1) is 8.10. The van der Waals surface area contributed by atoms with E-state index in [1.807, 2.05) is 14.1 Å². The molecule has 3 N–H and O–H groups in total. The lowest BCUT2D eigenvalue weighted by molar-refractivity contribution is 0.309. The summed E-state index contributed by atoms with van der Waals surface area (Å²) < 4.78 is 0. The van der Waals surface area contributed by atoms with Gasteiger partial charge in [-0.1, -0.05) is 0 Å². The molecule has 0 aliphatic carbocycles. The third-order valence-electron chi connectivity index (χ3n) is 1.50. The summed E-state index contributed by atoms with van der Waals surface area (Å²) in [6.45, 7) is 2.06. The van der Waals surface area contributed by atoms with Gasteiger partial charge in [0.2, 0.25) is 0 Å². The van der Waals surface area contributed by atoms with Gasteiger partial charge in [0.05, 0.1) is 10.4 Å². The van der Waals surface area contributed by atoms with Gasteiger partial charge in [0.25, 0.3) is 0 Å². The lowest BCUT2D eigenvalue weighted by atomic mass is 10.4. The monoisotopic (exact) mass is 133 g/mol. The molecule has 0 spiro atoms. The minimum atomic E-state index is -0.0633. The maximum atomic E-state index is 3.19. The molecule has 0 aliphatic heterocycles. The second-order valence-electron chi connectivity index (χ2n) is 1.88. The van der Waals surface area contributed by atoms with Crippen molar-refractivity contribution < 1.29 is 0 Å². The first-order valence-electron chi connectivity index (χ1n) is 2.75. The zero-order valence-corrected chi connectivity index (χ0v) is 8.00. The normalized spacial score (nSPS) is 12.4. The molecule has 0 fully saturated rings. The Morgan fingerprint density at radius 1 is 1.25 bits per heavy atom. The summed E-state index contributed by atoms with van der Waals surface area (Å²) >= 11 is 0. The Kier molecular flexibility index (Phi) is 3.23. The predicted molar refractivity (Wildman–Crippen MR) is 39.6 cm³/mol. The number of nitrogens with one attached hydrogen (secondary N) is 3. The van der Waals surface area contributed by atoms with Crippen molar-refractivity contribution >= 4 is 10.4 Å². The Balaban J connectivity index is 3.58. The molecule has 0 heterocycles. The quantitative estimate of drug-likeness (QED) is 0.307. The fourth-order valence-electron chi connectivity index (χ4n) is 0.375. The van der Waals surface area contributed by atoms with Gasteiger partial charge < -0.3 is 4.98 Å². The van der Waals surface area contributed by atoms with E-state index in [1.54, 1.807) is 0 Å². The molecule has 0 aliphatic rings. The van der Waals surface area contributed by atoms with Crippen molar-refractivity contribution in [3.63, 3.8) is 0 Å². The number of hydrogen-bond donors (Lipinski definition) is 3. The van der Waals surface area contributed by atoms with Crippen LogP contribution in [-0.4, -0.2) is 30.3 Å². The SMILES string of the molecule is CNC(C)(NC)N[SiH3]. The molecule has 0 saturated heterocycles. The highest BCUT2D eigenvalue weighted by molar-refractivity contribution is 6.04. The van der Waals surface area contributed by atoms with Crippen molar-refractivity contribution in [2.75, 3.05) is 14.1 Å². The van der Waals surface area contributed by atoms with Crippen LogP contribution in [0.25, 0.3) is 0 Å². The Bertz CT molecular complexity index is 54.0. The molecule has 0 radical (unpaired) electrons. The smallest absolute Gasteiger partial charge is 0.113 e. The van der Waals surface area contributed by atoms with Gasteiger partial charge in [-0.3, -0.25) is 10.6 Å². The van der Waals surface area contributed by atoms with Gasteiger partial charge in [-0.15, -0.1) is 0 Å².